The normalized spacial score (nSPS) is 10.5. The highest BCUT2D eigenvalue weighted by molar-refractivity contribution is 9.13. The summed E-state index contributed by atoms with van der Waals surface area (Å²) in [7, 11) is 0. The molecule has 0 spiro atoms. The smallest absolute Gasteiger partial charge is 0.0672 e. The highest BCUT2D eigenvalue weighted by Crippen LogP contribution is 2.23. The van der Waals surface area contributed by atoms with Gasteiger partial charge in [-0.15, -0.1) is 0 Å². The van der Waals surface area contributed by atoms with Crippen molar-refractivity contribution in [2.45, 2.75) is 13.5 Å². The molecule has 0 aliphatic rings. The van der Waals surface area contributed by atoms with E-state index in [1.807, 2.05) is 13.0 Å². The Hall–Kier alpha value is -0.160. The van der Waals surface area contributed by atoms with Crippen molar-refractivity contribution in [1.29, 1.82) is 0 Å². The van der Waals surface area contributed by atoms with Crippen molar-refractivity contribution >= 4 is 31.9 Å². The maximum atomic E-state index is 5.40. The van der Waals surface area contributed by atoms with Crippen molar-refractivity contribution in [2.24, 2.45) is 0 Å². The van der Waals surface area contributed by atoms with Crippen molar-refractivity contribution in [3.8, 4) is 0 Å². The number of hydrogen-bond donors (Lipinski definition) is 1. The van der Waals surface area contributed by atoms with Crippen LogP contribution in [0, 0.1) is 0 Å². The van der Waals surface area contributed by atoms with Crippen LogP contribution in [0.4, 0.5) is 0 Å². The summed E-state index contributed by atoms with van der Waals surface area (Å²) in [5.41, 5.74) is 2.31. The molecule has 0 heterocycles. The molecule has 0 amide bonds. The van der Waals surface area contributed by atoms with E-state index in [0.717, 1.165) is 27.6 Å². The molecule has 0 bridgehead atoms. The second-order valence-electron chi connectivity index (χ2n) is 3.93. The molecule has 0 aliphatic carbocycles. The predicted octanol–water partition coefficient (Wildman–Crippen LogP) is 3.89. The third kappa shape index (κ3) is 6.36. The van der Waals surface area contributed by atoms with Gasteiger partial charge in [-0.2, -0.15) is 0 Å². The molecule has 0 fully saturated rings. The highest BCUT2D eigenvalue weighted by atomic mass is 79.9. The van der Waals surface area contributed by atoms with Gasteiger partial charge in [-0.05, 0) is 56.5 Å². The van der Waals surface area contributed by atoms with Crippen LogP contribution in [0.3, 0.4) is 0 Å². The minimum Gasteiger partial charge on any atom is -0.376 e. The minimum atomic E-state index is 0.644. The zero-order chi connectivity index (χ0) is 12.7. The summed E-state index contributed by atoms with van der Waals surface area (Å²) in [6.45, 7) is 8.80. The summed E-state index contributed by atoms with van der Waals surface area (Å²) < 4.78 is 7.55. The van der Waals surface area contributed by atoms with Crippen LogP contribution in [-0.2, 0) is 11.3 Å². The number of hydrogen-bond acceptors (Lipinski definition) is 2. The van der Waals surface area contributed by atoms with E-state index in [9.17, 15) is 0 Å². The second-order valence-corrected chi connectivity index (χ2v) is 5.64. The average molecular weight is 363 g/mol. The van der Waals surface area contributed by atoms with E-state index < -0.39 is 0 Å². The maximum Gasteiger partial charge on any atom is 0.0672 e. The van der Waals surface area contributed by atoms with Crippen LogP contribution >= 0.6 is 31.9 Å². The Kier molecular flexibility index (Phi) is 7.04. The minimum absolute atomic E-state index is 0.644. The van der Waals surface area contributed by atoms with Gasteiger partial charge in [0.25, 0.3) is 0 Å². The fraction of sp³-hybridized carbons (Fsp3) is 0.385. The molecule has 2 nitrogen and oxygen atoms in total. The van der Waals surface area contributed by atoms with Crippen LogP contribution in [0.25, 0.3) is 0 Å². The summed E-state index contributed by atoms with van der Waals surface area (Å²) in [6, 6.07) is 6.24. The third-order valence-electron chi connectivity index (χ3n) is 2.08. The summed E-state index contributed by atoms with van der Waals surface area (Å²) >= 11 is 6.94. The van der Waals surface area contributed by atoms with E-state index in [1.54, 1.807) is 0 Å². The molecular formula is C13H17Br2NO. The summed E-state index contributed by atoms with van der Waals surface area (Å²) in [5.74, 6) is 0. The molecule has 1 aromatic carbocycles. The fourth-order valence-electron chi connectivity index (χ4n) is 1.27. The number of halogens is 2. The van der Waals surface area contributed by atoms with Crippen LogP contribution in [0.5, 0.6) is 0 Å². The fourth-order valence-corrected chi connectivity index (χ4v) is 1.95. The van der Waals surface area contributed by atoms with Gasteiger partial charge in [-0.1, -0.05) is 18.2 Å². The van der Waals surface area contributed by atoms with Gasteiger partial charge in [-0.25, -0.2) is 0 Å². The Morgan fingerprint density at radius 1 is 1.35 bits per heavy atom. The van der Waals surface area contributed by atoms with Crippen LogP contribution < -0.4 is 5.32 Å². The first-order chi connectivity index (χ1) is 8.09. The number of rotatable bonds is 7. The van der Waals surface area contributed by atoms with Crippen molar-refractivity contribution in [3.63, 3.8) is 0 Å². The van der Waals surface area contributed by atoms with Crippen LogP contribution in [0.15, 0.2) is 39.3 Å². The average Bonchev–Trinajstić information content (AvgIpc) is 2.27. The van der Waals surface area contributed by atoms with E-state index in [0.29, 0.717) is 13.2 Å². The lowest BCUT2D eigenvalue weighted by atomic mass is 10.2. The van der Waals surface area contributed by atoms with E-state index >= 15 is 0 Å². The Balaban J connectivity index is 2.18. The molecule has 1 rings (SSSR count). The zero-order valence-corrected chi connectivity index (χ0v) is 13.1. The van der Waals surface area contributed by atoms with Gasteiger partial charge in [-0.3, -0.25) is 0 Å². The quantitative estimate of drug-likeness (QED) is 0.586. The standard InChI is InChI=1S/C13H17Br2NO/c1-10(2)9-17-6-5-16-8-11-3-4-12(14)13(15)7-11/h3-4,7,16H,1,5-6,8-9H2,2H3. The molecule has 17 heavy (non-hydrogen) atoms. The first-order valence-corrected chi connectivity index (χ1v) is 7.05. The lowest BCUT2D eigenvalue weighted by Gasteiger charge is -2.07. The molecule has 0 aliphatic heterocycles. The van der Waals surface area contributed by atoms with Crippen molar-refractivity contribution < 1.29 is 4.74 Å². The summed E-state index contributed by atoms with van der Waals surface area (Å²) in [6.07, 6.45) is 0. The van der Waals surface area contributed by atoms with Gasteiger partial charge < -0.3 is 10.1 Å². The first kappa shape index (κ1) is 14.9. The van der Waals surface area contributed by atoms with E-state index in [1.165, 1.54) is 5.56 Å². The van der Waals surface area contributed by atoms with Crippen molar-refractivity contribution in [3.05, 3.63) is 44.9 Å². The van der Waals surface area contributed by atoms with Crippen molar-refractivity contribution in [2.75, 3.05) is 19.8 Å². The molecule has 94 valence electrons. The molecule has 0 atom stereocenters. The monoisotopic (exact) mass is 361 g/mol. The number of benzene rings is 1. The van der Waals surface area contributed by atoms with E-state index in [-0.39, 0.29) is 0 Å². The molecule has 0 saturated heterocycles. The molecule has 0 saturated carbocycles. The molecule has 0 aromatic heterocycles. The Labute approximate surface area is 120 Å². The van der Waals surface area contributed by atoms with Gasteiger partial charge in [0.1, 0.15) is 0 Å². The van der Waals surface area contributed by atoms with Crippen LogP contribution in [0.2, 0.25) is 0 Å². The second kappa shape index (κ2) is 8.03. The Morgan fingerprint density at radius 3 is 2.76 bits per heavy atom. The first-order valence-electron chi connectivity index (χ1n) is 5.46. The summed E-state index contributed by atoms with van der Waals surface area (Å²) in [5, 5.41) is 3.33. The molecule has 0 radical (unpaired) electrons. The lowest BCUT2D eigenvalue weighted by Crippen LogP contribution is -2.19. The molecule has 1 aromatic rings. The lowest BCUT2D eigenvalue weighted by molar-refractivity contribution is 0.158. The number of ether oxygens (including phenoxy) is 1. The molecule has 0 unspecified atom stereocenters. The topological polar surface area (TPSA) is 21.3 Å². The van der Waals surface area contributed by atoms with Gasteiger partial charge >= 0.3 is 0 Å². The van der Waals surface area contributed by atoms with Crippen LogP contribution in [0.1, 0.15) is 12.5 Å². The van der Waals surface area contributed by atoms with E-state index in [2.05, 4.69) is 55.9 Å². The Bertz CT molecular complexity index is 380. The highest BCUT2D eigenvalue weighted by Gasteiger charge is 1.98. The van der Waals surface area contributed by atoms with Crippen LogP contribution in [-0.4, -0.2) is 19.8 Å². The summed E-state index contributed by atoms with van der Waals surface area (Å²) in [4.78, 5) is 0. The van der Waals surface area contributed by atoms with E-state index in [4.69, 9.17) is 4.74 Å². The molecular weight excluding hydrogens is 346 g/mol. The molecule has 4 heteroatoms. The van der Waals surface area contributed by atoms with Gasteiger partial charge in [0.05, 0.1) is 13.2 Å². The third-order valence-corrected chi connectivity index (χ3v) is 3.96. The number of nitrogens with one attached hydrogen (secondary N) is 1. The Morgan fingerprint density at radius 2 is 2.12 bits per heavy atom. The zero-order valence-electron chi connectivity index (χ0n) is 9.93. The van der Waals surface area contributed by atoms with Gasteiger partial charge in [0.15, 0.2) is 0 Å². The SMILES string of the molecule is C=C(C)COCCNCc1ccc(Br)c(Br)c1. The van der Waals surface area contributed by atoms with Crippen molar-refractivity contribution in [1.82, 2.24) is 5.32 Å². The van der Waals surface area contributed by atoms with Gasteiger partial charge in [0.2, 0.25) is 0 Å². The molecule has 1 N–H and O–H groups in total. The maximum absolute atomic E-state index is 5.40. The van der Waals surface area contributed by atoms with Gasteiger partial charge in [0, 0.05) is 22.0 Å². The largest absolute Gasteiger partial charge is 0.376 e. The predicted molar refractivity (Wildman–Crippen MR) is 79.2 cm³/mol.